The van der Waals surface area contributed by atoms with E-state index in [4.69, 9.17) is 11.6 Å². The maximum Gasteiger partial charge on any atom is 0.417 e. The van der Waals surface area contributed by atoms with Crippen molar-refractivity contribution in [3.8, 4) is 0 Å². The Balaban J connectivity index is 2.02. The SMILES string of the molecule is O=C1CC2CS(=O)(=O)CC2N1c1ccc(Cl)c(C(F)(F)F)c1. The fourth-order valence-electron chi connectivity index (χ4n) is 3.11. The number of fused-ring (bicyclic) bond motifs is 1. The van der Waals surface area contributed by atoms with E-state index in [2.05, 4.69) is 0 Å². The standard InChI is InChI=1S/C13H11ClF3NO3S/c14-10-2-1-8(4-9(10)13(15,16)17)18-11-6-22(20,21)5-7(11)3-12(18)19/h1-2,4,7,11H,3,5-6H2. The molecule has 2 heterocycles. The van der Waals surface area contributed by atoms with Gasteiger partial charge in [0.1, 0.15) is 0 Å². The van der Waals surface area contributed by atoms with Gasteiger partial charge in [-0.25, -0.2) is 8.42 Å². The number of alkyl halides is 3. The van der Waals surface area contributed by atoms with Crippen LogP contribution < -0.4 is 4.90 Å². The van der Waals surface area contributed by atoms with E-state index < -0.39 is 32.6 Å². The van der Waals surface area contributed by atoms with Crippen molar-refractivity contribution in [2.45, 2.75) is 18.6 Å². The van der Waals surface area contributed by atoms with Crippen LogP contribution in [0.1, 0.15) is 12.0 Å². The number of carbonyl (C=O) groups excluding carboxylic acids is 1. The Morgan fingerprint density at radius 3 is 2.55 bits per heavy atom. The summed E-state index contributed by atoms with van der Waals surface area (Å²) < 4.78 is 62.1. The van der Waals surface area contributed by atoms with Gasteiger partial charge in [-0.3, -0.25) is 4.79 Å². The zero-order valence-electron chi connectivity index (χ0n) is 11.1. The molecule has 22 heavy (non-hydrogen) atoms. The molecule has 120 valence electrons. The number of amides is 1. The average Bonchev–Trinajstić information content (AvgIpc) is 2.79. The predicted octanol–water partition coefficient (Wildman–Crippen LogP) is 2.51. The Hall–Kier alpha value is -1.28. The second kappa shape index (κ2) is 4.86. The summed E-state index contributed by atoms with van der Waals surface area (Å²) >= 11 is 5.56. The number of carbonyl (C=O) groups is 1. The first-order chi connectivity index (χ1) is 10.1. The van der Waals surface area contributed by atoms with Crippen LogP contribution in [0.4, 0.5) is 18.9 Å². The van der Waals surface area contributed by atoms with Crippen LogP contribution in [0.15, 0.2) is 18.2 Å². The number of hydrogen-bond acceptors (Lipinski definition) is 3. The minimum absolute atomic E-state index is 0.0336. The summed E-state index contributed by atoms with van der Waals surface area (Å²) in [5, 5.41) is -0.460. The second-order valence-electron chi connectivity index (χ2n) is 5.53. The van der Waals surface area contributed by atoms with Crippen LogP contribution in [-0.2, 0) is 20.8 Å². The molecule has 1 aromatic rings. The summed E-state index contributed by atoms with van der Waals surface area (Å²) in [5.41, 5.74) is -1.00. The number of hydrogen-bond donors (Lipinski definition) is 0. The van der Waals surface area contributed by atoms with Crippen LogP contribution in [-0.4, -0.2) is 31.9 Å². The predicted molar refractivity (Wildman–Crippen MR) is 74.5 cm³/mol. The molecule has 2 aliphatic rings. The van der Waals surface area contributed by atoms with E-state index in [0.717, 1.165) is 12.1 Å². The van der Waals surface area contributed by atoms with Crippen LogP contribution >= 0.6 is 11.6 Å². The van der Waals surface area contributed by atoms with Gasteiger partial charge in [0.25, 0.3) is 0 Å². The summed E-state index contributed by atoms with van der Waals surface area (Å²) in [6, 6.07) is 2.58. The number of anilines is 1. The molecular formula is C13H11ClF3NO3S. The molecule has 2 atom stereocenters. The Bertz CT molecular complexity index is 747. The van der Waals surface area contributed by atoms with E-state index in [1.54, 1.807) is 0 Å². The molecule has 3 rings (SSSR count). The number of halogens is 4. The van der Waals surface area contributed by atoms with E-state index >= 15 is 0 Å². The number of sulfone groups is 1. The van der Waals surface area contributed by atoms with Crippen molar-refractivity contribution in [2.75, 3.05) is 16.4 Å². The third kappa shape index (κ3) is 2.58. The molecule has 2 saturated heterocycles. The van der Waals surface area contributed by atoms with E-state index in [1.165, 1.54) is 11.0 Å². The molecule has 1 amide bonds. The van der Waals surface area contributed by atoms with Gasteiger partial charge in [-0.1, -0.05) is 11.6 Å². The lowest BCUT2D eigenvalue weighted by Crippen LogP contribution is -2.36. The molecule has 2 fully saturated rings. The molecule has 1 aromatic carbocycles. The molecule has 9 heteroatoms. The minimum Gasteiger partial charge on any atom is -0.308 e. The fraction of sp³-hybridized carbons (Fsp3) is 0.462. The van der Waals surface area contributed by atoms with Gasteiger partial charge in [0, 0.05) is 18.0 Å². The van der Waals surface area contributed by atoms with Gasteiger partial charge >= 0.3 is 6.18 Å². The highest BCUT2D eigenvalue weighted by Gasteiger charge is 2.49. The first kappa shape index (κ1) is 15.6. The highest BCUT2D eigenvalue weighted by molar-refractivity contribution is 7.91. The normalized spacial score (nSPS) is 27.3. The summed E-state index contributed by atoms with van der Waals surface area (Å²) in [6.07, 6.45) is -4.61. The van der Waals surface area contributed by atoms with Crippen molar-refractivity contribution in [1.82, 2.24) is 0 Å². The van der Waals surface area contributed by atoms with Crippen LogP contribution in [0.3, 0.4) is 0 Å². The lowest BCUT2D eigenvalue weighted by atomic mass is 10.0. The molecule has 0 N–H and O–H groups in total. The summed E-state index contributed by atoms with van der Waals surface area (Å²) in [5.74, 6) is -1.03. The largest absolute Gasteiger partial charge is 0.417 e. The summed E-state index contributed by atoms with van der Waals surface area (Å²) in [6.45, 7) is 0. The summed E-state index contributed by atoms with van der Waals surface area (Å²) in [4.78, 5) is 13.2. The van der Waals surface area contributed by atoms with Gasteiger partial charge < -0.3 is 4.90 Å². The van der Waals surface area contributed by atoms with Crippen LogP contribution in [0, 0.1) is 5.92 Å². The van der Waals surface area contributed by atoms with Gasteiger partial charge in [-0.2, -0.15) is 13.2 Å². The van der Waals surface area contributed by atoms with Crippen molar-refractivity contribution in [3.05, 3.63) is 28.8 Å². The highest BCUT2D eigenvalue weighted by Crippen LogP contribution is 2.41. The molecule has 2 unspecified atom stereocenters. The van der Waals surface area contributed by atoms with Crippen LogP contribution in [0.25, 0.3) is 0 Å². The maximum atomic E-state index is 12.9. The first-order valence-electron chi connectivity index (χ1n) is 6.48. The van der Waals surface area contributed by atoms with Gasteiger partial charge in [-0.05, 0) is 18.2 Å². The molecule has 0 saturated carbocycles. The Kier molecular flexibility index (Phi) is 3.45. The monoisotopic (exact) mass is 353 g/mol. The second-order valence-corrected chi connectivity index (χ2v) is 8.10. The van der Waals surface area contributed by atoms with E-state index in [-0.39, 0.29) is 35.4 Å². The fourth-order valence-corrected chi connectivity index (χ4v) is 5.40. The lowest BCUT2D eigenvalue weighted by Gasteiger charge is -2.24. The average molecular weight is 354 g/mol. The van der Waals surface area contributed by atoms with Gasteiger partial charge in [0.05, 0.1) is 28.1 Å². The zero-order valence-corrected chi connectivity index (χ0v) is 12.7. The van der Waals surface area contributed by atoms with Crippen molar-refractivity contribution in [2.24, 2.45) is 5.92 Å². The minimum atomic E-state index is -4.64. The Morgan fingerprint density at radius 1 is 1.23 bits per heavy atom. The number of rotatable bonds is 1. The summed E-state index contributed by atoms with van der Waals surface area (Å²) in [7, 11) is -3.26. The quantitative estimate of drug-likeness (QED) is 0.779. The highest BCUT2D eigenvalue weighted by atomic mass is 35.5. The van der Waals surface area contributed by atoms with Crippen molar-refractivity contribution >= 4 is 33.0 Å². The first-order valence-corrected chi connectivity index (χ1v) is 8.68. The lowest BCUT2D eigenvalue weighted by molar-refractivity contribution is -0.137. The molecule has 4 nitrogen and oxygen atoms in total. The number of benzene rings is 1. The van der Waals surface area contributed by atoms with Crippen LogP contribution in [0.5, 0.6) is 0 Å². The molecule has 0 radical (unpaired) electrons. The van der Waals surface area contributed by atoms with Crippen LogP contribution in [0.2, 0.25) is 5.02 Å². The molecule has 2 aliphatic heterocycles. The third-order valence-electron chi connectivity index (χ3n) is 4.01. The van der Waals surface area contributed by atoms with Gasteiger partial charge in [-0.15, -0.1) is 0 Å². The zero-order chi connectivity index (χ0) is 16.3. The van der Waals surface area contributed by atoms with Crippen molar-refractivity contribution in [3.63, 3.8) is 0 Å². The Labute approximate surface area is 129 Å². The van der Waals surface area contributed by atoms with Gasteiger partial charge in [0.15, 0.2) is 9.84 Å². The molecule has 0 spiro atoms. The smallest absolute Gasteiger partial charge is 0.308 e. The van der Waals surface area contributed by atoms with E-state index in [1.807, 2.05) is 0 Å². The van der Waals surface area contributed by atoms with E-state index in [9.17, 15) is 26.4 Å². The third-order valence-corrected chi connectivity index (χ3v) is 6.12. The number of nitrogens with zero attached hydrogens (tertiary/aromatic N) is 1. The van der Waals surface area contributed by atoms with E-state index in [0.29, 0.717) is 0 Å². The topological polar surface area (TPSA) is 54.5 Å². The maximum absolute atomic E-state index is 12.9. The van der Waals surface area contributed by atoms with Gasteiger partial charge in [0.2, 0.25) is 5.91 Å². The molecule has 0 aromatic heterocycles. The molecule has 0 bridgehead atoms. The van der Waals surface area contributed by atoms with Crippen molar-refractivity contribution < 1.29 is 26.4 Å². The molecular weight excluding hydrogens is 343 g/mol. The molecule has 0 aliphatic carbocycles. The Morgan fingerprint density at radius 2 is 1.91 bits per heavy atom. The van der Waals surface area contributed by atoms with Crippen molar-refractivity contribution in [1.29, 1.82) is 0 Å².